The van der Waals surface area contributed by atoms with Gasteiger partial charge >= 0.3 is 0 Å². The number of hydrogen-bond donors (Lipinski definition) is 0. The van der Waals surface area contributed by atoms with Crippen LogP contribution in [-0.2, 0) is 0 Å². The molecule has 0 aromatic carbocycles. The highest BCUT2D eigenvalue weighted by molar-refractivity contribution is 5.51. The Hall–Kier alpha value is -2.43. The van der Waals surface area contributed by atoms with Crippen LogP contribution in [0.4, 0.5) is 5.82 Å². The van der Waals surface area contributed by atoms with Gasteiger partial charge < -0.3 is 4.90 Å². The van der Waals surface area contributed by atoms with Crippen molar-refractivity contribution in [3.63, 3.8) is 0 Å². The molecule has 5 nitrogen and oxygen atoms in total. The molecule has 1 atom stereocenters. The molecular formula is C16H17N5. The van der Waals surface area contributed by atoms with Gasteiger partial charge in [0.2, 0.25) is 0 Å². The maximum absolute atomic E-state index is 4.51. The van der Waals surface area contributed by atoms with E-state index in [0.29, 0.717) is 5.92 Å². The van der Waals surface area contributed by atoms with Crippen molar-refractivity contribution in [2.24, 2.45) is 0 Å². The summed E-state index contributed by atoms with van der Waals surface area (Å²) in [6, 6.07) is 10.2. The van der Waals surface area contributed by atoms with E-state index in [1.165, 1.54) is 5.69 Å². The fourth-order valence-corrected chi connectivity index (χ4v) is 3.07. The first-order valence-electron chi connectivity index (χ1n) is 7.28. The molecule has 1 fully saturated rings. The minimum atomic E-state index is 0.491. The van der Waals surface area contributed by atoms with E-state index in [4.69, 9.17) is 0 Å². The predicted octanol–water partition coefficient (Wildman–Crippen LogP) is 2.43. The summed E-state index contributed by atoms with van der Waals surface area (Å²) in [5.41, 5.74) is 3.12. The Morgan fingerprint density at radius 2 is 2.14 bits per heavy atom. The van der Waals surface area contributed by atoms with Crippen LogP contribution < -0.4 is 4.90 Å². The number of rotatable bonds is 2. The average molecular weight is 279 g/mol. The SMILES string of the molecule is Cc1cc(N2CCC(c3ccccn3)C2)n2nccc2n1. The van der Waals surface area contributed by atoms with Crippen molar-refractivity contribution in [3.8, 4) is 0 Å². The summed E-state index contributed by atoms with van der Waals surface area (Å²) >= 11 is 0. The van der Waals surface area contributed by atoms with Crippen LogP contribution >= 0.6 is 0 Å². The number of nitrogens with zero attached hydrogens (tertiary/aromatic N) is 5. The maximum atomic E-state index is 4.51. The van der Waals surface area contributed by atoms with E-state index in [1.807, 2.05) is 29.8 Å². The van der Waals surface area contributed by atoms with Gasteiger partial charge in [-0.05, 0) is 25.5 Å². The lowest BCUT2D eigenvalue weighted by atomic mass is 10.0. The fourth-order valence-electron chi connectivity index (χ4n) is 3.07. The summed E-state index contributed by atoms with van der Waals surface area (Å²) in [6.45, 7) is 4.04. The Kier molecular flexibility index (Phi) is 2.84. The van der Waals surface area contributed by atoms with Crippen molar-refractivity contribution < 1.29 is 0 Å². The number of pyridine rings is 1. The van der Waals surface area contributed by atoms with Crippen molar-refractivity contribution in [1.82, 2.24) is 19.6 Å². The quantitative estimate of drug-likeness (QED) is 0.723. The number of aromatic nitrogens is 4. The molecular weight excluding hydrogens is 262 g/mol. The molecule has 0 spiro atoms. The zero-order valence-corrected chi connectivity index (χ0v) is 12.0. The summed E-state index contributed by atoms with van der Waals surface area (Å²) in [5.74, 6) is 1.62. The topological polar surface area (TPSA) is 46.3 Å². The van der Waals surface area contributed by atoms with Crippen molar-refractivity contribution in [2.45, 2.75) is 19.3 Å². The molecule has 5 heteroatoms. The molecule has 1 unspecified atom stereocenters. The molecule has 0 aliphatic carbocycles. The maximum Gasteiger partial charge on any atom is 0.157 e. The third-order valence-electron chi connectivity index (χ3n) is 4.09. The highest BCUT2D eigenvalue weighted by atomic mass is 15.3. The monoisotopic (exact) mass is 279 g/mol. The van der Waals surface area contributed by atoms with Crippen LogP contribution in [0.15, 0.2) is 42.7 Å². The summed E-state index contributed by atoms with van der Waals surface area (Å²) in [5, 5.41) is 4.40. The smallest absolute Gasteiger partial charge is 0.157 e. The first kappa shape index (κ1) is 12.3. The Labute approximate surface area is 123 Å². The lowest BCUT2D eigenvalue weighted by Crippen LogP contribution is -2.22. The minimum Gasteiger partial charge on any atom is -0.356 e. The molecule has 3 aromatic heterocycles. The van der Waals surface area contributed by atoms with Gasteiger partial charge in [0.25, 0.3) is 0 Å². The second-order valence-electron chi connectivity index (χ2n) is 5.54. The van der Waals surface area contributed by atoms with Gasteiger partial charge in [0.05, 0.1) is 6.20 Å². The molecule has 0 saturated carbocycles. The molecule has 0 N–H and O–H groups in total. The van der Waals surface area contributed by atoms with Crippen LogP contribution in [0.5, 0.6) is 0 Å². The van der Waals surface area contributed by atoms with Crippen LogP contribution in [0.1, 0.15) is 23.7 Å². The van der Waals surface area contributed by atoms with E-state index < -0.39 is 0 Å². The van der Waals surface area contributed by atoms with Crippen LogP contribution in [0, 0.1) is 6.92 Å². The number of hydrogen-bond acceptors (Lipinski definition) is 4. The van der Waals surface area contributed by atoms with Crippen molar-refractivity contribution >= 4 is 11.5 Å². The summed E-state index contributed by atoms with van der Waals surface area (Å²) < 4.78 is 1.92. The van der Waals surface area contributed by atoms with E-state index >= 15 is 0 Å². The Morgan fingerprint density at radius 3 is 3.00 bits per heavy atom. The molecule has 3 aromatic rings. The highest BCUT2D eigenvalue weighted by Crippen LogP contribution is 2.29. The lowest BCUT2D eigenvalue weighted by molar-refractivity contribution is 0.741. The van der Waals surface area contributed by atoms with Gasteiger partial charge in [-0.1, -0.05) is 6.07 Å². The molecule has 4 heterocycles. The zero-order chi connectivity index (χ0) is 14.2. The van der Waals surface area contributed by atoms with E-state index in [-0.39, 0.29) is 0 Å². The summed E-state index contributed by atoms with van der Waals surface area (Å²) in [6.07, 6.45) is 4.80. The second-order valence-corrected chi connectivity index (χ2v) is 5.54. The van der Waals surface area contributed by atoms with Gasteiger partial charge in [0.15, 0.2) is 5.65 Å². The van der Waals surface area contributed by atoms with Crippen molar-refractivity contribution in [1.29, 1.82) is 0 Å². The Bertz CT molecular complexity index is 765. The van der Waals surface area contributed by atoms with E-state index in [1.54, 1.807) is 6.20 Å². The Morgan fingerprint density at radius 1 is 1.19 bits per heavy atom. The highest BCUT2D eigenvalue weighted by Gasteiger charge is 2.26. The zero-order valence-electron chi connectivity index (χ0n) is 12.0. The molecule has 1 aliphatic rings. The van der Waals surface area contributed by atoms with Gasteiger partial charge in [-0.25, -0.2) is 4.98 Å². The standard InChI is InChI=1S/C16H17N5/c1-12-10-16(21-15(19-12)5-8-18-21)20-9-6-13(11-20)14-4-2-3-7-17-14/h2-5,7-8,10,13H,6,9,11H2,1H3. The van der Waals surface area contributed by atoms with Crippen LogP contribution in [0.25, 0.3) is 5.65 Å². The Balaban J connectivity index is 1.67. The lowest BCUT2D eigenvalue weighted by Gasteiger charge is -2.19. The van der Waals surface area contributed by atoms with Gasteiger partial charge in [-0.3, -0.25) is 4.98 Å². The molecule has 106 valence electrons. The van der Waals surface area contributed by atoms with Gasteiger partial charge in [0.1, 0.15) is 5.82 Å². The van der Waals surface area contributed by atoms with E-state index in [9.17, 15) is 0 Å². The van der Waals surface area contributed by atoms with Gasteiger partial charge in [0, 0.05) is 48.7 Å². The number of fused-ring (bicyclic) bond motifs is 1. The molecule has 0 amide bonds. The first-order valence-corrected chi connectivity index (χ1v) is 7.28. The molecule has 0 radical (unpaired) electrons. The van der Waals surface area contributed by atoms with Crippen LogP contribution in [-0.4, -0.2) is 32.7 Å². The third-order valence-corrected chi connectivity index (χ3v) is 4.09. The van der Waals surface area contributed by atoms with Crippen LogP contribution in [0.3, 0.4) is 0 Å². The average Bonchev–Trinajstić information content (AvgIpc) is 3.16. The van der Waals surface area contributed by atoms with Crippen molar-refractivity contribution in [2.75, 3.05) is 18.0 Å². The number of aryl methyl sites for hydroxylation is 1. The second kappa shape index (κ2) is 4.84. The predicted molar refractivity (Wildman–Crippen MR) is 81.5 cm³/mol. The summed E-state index contributed by atoms with van der Waals surface area (Å²) in [4.78, 5) is 11.4. The third kappa shape index (κ3) is 2.14. The van der Waals surface area contributed by atoms with Crippen molar-refractivity contribution in [3.05, 3.63) is 54.1 Å². The molecule has 21 heavy (non-hydrogen) atoms. The minimum absolute atomic E-state index is 0.491. The first-order chi connectivity index (χ1) is 10.3. The van der Waals surface area contributed by atoms with Gasteiger partial charge in [-0.15, -0.1) is 0 Å². The largest absolute Gasteiger partial charge is 0.356 e. The van der Waals surface area contributed by atoms with E-state index in [0.717, 1.165) is 36.7 Å². The normalized spacial score (nSPS) is 18.5. The van der Waals surface area contributed by atoms with Gasteiger partial charge in [-0.2, -0.15) is 9.61 Å². The summed E-state index contributed by atoms with van der Waals surface area (Å²) in [7, 11) is 0. The molecule has 4 rings (SSSR count). The molecule has 1 saturated heterocycles. The molecule has 1 aliphatic heterocycles. The molecule has 0 bridgehead atoms. The van der Waals surface area contributed by atoms with Crippen LogP contribution in [0.2, 0.25) is 0 Å². The number of anilines is 1. The fraction of sp³-hybridized carbons (Fsp3) is 0.312. The van der Waals surface area contributed by atoms with E-state index in [2.05, 4.69) is 38.2 Å².